The Kier molecular flexibility index (Phi) is 3.44. The van der Waals surface area contributed by atoms with Crippen molar-refractivity contribution in [2.45, 2.75) is 25.4 Å². The van der Waals surface area contributed by atoms with Crippen molar-refractivity contribution in [2.75, 3.05) is 11.0 Å². The van der Waals surface area contributed by atoms with Crippen molar-refractivity contribution >= 4 is 22.6 Å². The molecule has 0 bridgehead atoms. The van der Waals surface area contributed by atoms with Crippen molar-refractivity contribution in [3.8, 4) is 0 Å². The fourth-order valence-corrected chi connectivity index (χ4v) is 2.58. The van der Waals surface area contributed by atoms with E-state index in [1.165, 1.54) is 17.5 Å². The third kappa shape index (κ3) is 2.28. The summed E-state index contributed by atoms with van der Waals surface area (Å²) in [5.41, 5.74) is 2.79. The molecule has 0 amide bonds. The Hall–Kier alpha value is -0.0900. The molecule has 1 nitrogen and oxygen atoms in total. The monoisotopic (exact) mass is 302 g/mol. The number of hydrogen-bond donors (Lipinski definition) is 0. The Bertz CT molecular complexity index is 311. The smallest absolute Gasteiger partial charge is 0.0671 e. The maximum atomic E-state index is 5.70. The van der Waals surface area contributed by atoms with Gasteiger partial charge in [0.05, 0.1) is 12.7 Å². The topological polar surface area (TPSA) is 9.23 Å². The Morgan fingerprint density at radius 1 is 1.50 bits per heavy atom. The van der Waals surface area contributed by atoms with E-state index in [0.29, 0.717) is 12.0 Å². The molecule has 0 aliphatic carbocycles. The SMILES string of the molecule is Cc1cccc([C@@H]2CO[C@@H](CI)C2)c1. The van der Waals surface area contributed by atoms with E-state index in [1.54, 1.807) is 0 Å². The predicted molar refractivity (Wildman–Crippen MR) is 67.2 cm³/mol. The van der Waals surface area contributed by atoms with E-state index < -0.39 is 0 Å². The molecule has 0 saturated carbocycles. The summed E-state index contributed by atoms with van der Waals surface area (Å²) in [6.45, 7) is 3.05. The number of alkyl halides is 1. The molecule has 0 aromatic heterocycles. The maximum Gasteiger partial charge on any atom is 0.0671 e. The summed E-state index contributed by atoms with van der Waals surface area (Å²) < 4.78 is 6.81. The van der Waals surface area contributed by atoms with Crippen molar-refractivity contribution in [3.63, 3.8) is 0 Å². The minimum Gasteiger partial charge on any atom is -0.377 e. The van der Waals surface area contributed by atoms with Crippen LogP contribution in [-0.4, -0.2) is 17.1 Å². The first kappa shape index (κ1) is 10.4. The molecular formula is C12H15IO. The van der Waals surface area contributed by atoms with Gasteiger partial charge in [0.2, 0.25) is 0 Å². The summed E-state index contributed by atoms with van der Waals surface area (Å²) in [5, 5.41) is 0. The molecule has 1 aliphatic heterocycles. The molecular weight excluding hydrogens is 287 g/mol. The van der Waals surface area contributed by atoms with Crippen LogP contribution in [-0.2, 0) is 4.74 Å². The fourth-order valence-electron chi connectivity index (χ4n) is 1.97. The lowest BCUT2D eigenvalue weighted by Crippen LogP contribution is -2.05. The van der Waals surface area contributed by atoms with Gasteiger partial charge >= 0.3 is 0 Å². The molecule has 2 atom stereocenters. The third-order valence-electron chi connectivity index (χ3n) is 2.77. The van der Waals surface area contributed by atoms with Crippen molar-refractivity contribution in [2.24, 2.45) is 0 Å². The molecule has 1 aromatic carbocycles. The first-order chi connectivity index (χ1) is 6.79. The van der Waals surface area contributed by atoms with Gasteiger partial charge in [0.15, 0.2) is 0 Å². The largest absolute Gasteiger partial charge is 0.377 e. The quantitative estimate of drug-likeness (QED) is 0.601. The molecule has 1 aliphatic rings. The van der Waals surface area contributed by atoms with Gasteiger partial charge < -0.3 is 4.74 Å². The lowest BCUT2D eigenvalue weighted by atomic mass is 9.95. The van der Waals surface area contributed by atoms with Crippen molar-refractivity contribution in [1.29, 1.82) is 0 Å². The molecule has 1 heterocycles. The van der Waals surface area contributed by atoms with E-state index in [9.17, 15) is 0 Å². The number of benzene rings is 1. The summed E-state index contributed by atoms with van der Waals surface area (Å²) in [6.07, 6.45) is 1.66. The van der Waals surface area contributed by atoms with Crippen molar-refractivity contribution < 1.29 is 4.74 Å². The number of hydrogen-bond acceptors (Lipinski definition) is 1. The zero-order chi connectivity index (χ0) is 9.97. The Balaban J connectivity index is 2.09. The molecule has 2 heteroatoms. The molecule has 14 heavy (non-hydrogen) atoms. The summed E-state index contributed by atoms with van der Waals surface area (Å²) >= 11 is 2.40. The van der Waals surface area contributed by atoms with Gasteiger partial charge in [0, 0.05) is 10.3 Å². The molecule has 0 unspecified atom stereocenters. The average Bonchev–Trinajstić information content (AvgIpc) is 2.66. The maximum absolute atomic E-state index is 5.70. The minimum absolute atomic E-state index is 0.473. The van der Waals surface area contributed by atoms with E-state index in [4.69, 9.17) is 4.74 Å². The van der Waals surface area contributed by atoms with E-state index in [2.05, 4.69) is 53.8 Å². The van der Waals surface area contributed by atoms with E-state index in [0.717, 1.165) is 11.0 Å². The van der Waals surface area contributed by atoms with Crippen LogP contribution in [0, 0.1) is 6.92 Å². The van der Waals surface area contributed by atoms with Crippen LogP contribution in [0.1, 0.15) is 23.5 Å². The highest BCUT2D eigenvalue weighted by Crippen LogP contribution is 2.30. The Labute approximate surface area is 99.0 Å². The second-order valence-corrected chi connectivity index (χ2v) is 4.84. The van der Waals surface area contributed by atoms with Crippen LogP contribution < -0.4 is 0 Å². The molecule has 1 aromatic rings. The highest BCUT2D eigenvalue weighted by atomic mass is 127. The summed E-state index contributed by atoms with van der Waals surface area (Å²) in [7, 11) is 0. The second kappa shape index (κ2) is 4.62. The van der Waals surface area contributed by atoms with Gasteiger partial charge in [0.25, 0.3) is 0 Å². The molecule has 2 rings (SSSR count). The zero-order valence-electron chi connectivity index (χ0n) is 8.37. The third-order valence-corrected chi connectivity index (χ3v) is 3.75. The predicted octanol–water partition coefficient (Wildman–Crippen LogP) is 3.30. The van der Waals surface area contributed by atoms with Crippen LogP contribution in [0.3, 0.4) is 0 Å². The highest BCUT2D eigenvalue weighted by molar-refractivity contribution is 14.1. The van der Waals surface area contributed by atoms with Crippen molar-refractivity contribution in [1.82, 2.24) is 0 Å². The Morgan fingerprint density at radius 2 is 2.36 bits per heavy atom. The minimum atomic E-state index is 0.473. The van der Waals surface area contributed by atoms with Crippen molar-refractivity contribution in [3.05, 3.63) is 35.4 Å². The van der Waals surface area contributed by atoms with Crippen LogP contribution in [0.4, 0.5) is 0 Å². The lowest BCUT2D eigenvalue weighted by molar-refractivity contribution is 0.129. The van der Waals surface area contributed by atoms with Gasteiger partial charge in [-0.05, 0) is 18.9 Å². The first-order valence-corrected chi connectivity index (χ1v) is 6.56. The van der Waals surface area contributed by atoms with Gasteiger partial charge in [-0.25, -0.2) is 0 Å². The second-order valence-electron chi connectivity index (χ2n) is 3.96. The lowest BCUT2D eigenvalue weighted by Gasteiger charge is -2.08. The Morgan fingerprint density at radius 3 is 3.00 bits per heavy atom. The van der Waals surface area contributed by atoms with E-state index in [-0.39, 0.29) is 0 Å². The number of ether oxygens (including phenoxy) is 1. The first-order valence-electron chi connectivity index (χ1n) is 5.03. The summed E-state index contributed by atoms with van der Waals surface area (Å²) in [5.74, 6) is 0.620. The number of aryl methyl sites for hydroxylation is 1. The molecule has 1 saturated heterocycles. The normalized spacial score (nSPS) is 26.7. The van der Waals surface area contributed by atoms with Gasteiger partial charge in [-0.3, -0.25) is 0 Å². The summed E-state index contributed by atoms with van der Waals surface area (Å²) in [6, 6.07) is 8.79. The molecule has 76 valence electrons. The van der Waals surface area contributed by atoms with Crippen LogP contribution in [0.25, 0.3) is 0 Å². The number of rotatable bonds is 2. The number of halogens is 1. The van der Waals surface area contributed by atoms with Crippen LogP contribution >= 0.6 is 22.6 Å². The van der Waals surface area contributed by atoms with E-state index in [1.807, 2.05) is 0 Å². The molecule has 0 radical (unpaired) electrons. The molecule has 1 fully saturated rings. The van der Waals surface area contributed by atoms with Gasteiger partial charge in [0.1, 0.15) is 0 Å². The van der Waals surface area contributed by atoms with Gasteiger partial charge in [-0.2, -0.15) is 0 Å². The summed E-state index contributed by atoms with van der Waals surface area (Å²) in [4.78, 5) is 0. The van der Waals surface area contributed by atoms with Crippen LogP contribution in [0.5, 0.6) is 0 Å². The standard InChI is InChI=1S/C12H15IO/c1-9-3-2-4-10(5-9)11-6-12(7-13)14-8-11/h2-5,11-12H,6-8H2,1H3/t11-,12+/m0/s1. The molecule has 0 N–H and O–H groups in total. The van der Waals surface area contributed by atoms with Crippen LogP contribution in [0.2, 0.25) is 0 Å². The zero-order valence-corrected chi connectivity index (χ0v) is 10.5. The average molecular weight is 302 g/mol. The van der Waals surface area contributed by atoms with Gasteiger partial charge in [-0.1, -0.05) is 52.4 Å². The van der Waals surface area contributed by atoms with Crippen LogP contribution in [0.15, 0.2) is 24.3 Å². The molecule has 0 spiro atoms. The van der Waals surface area contributed by atoms with Gasteiger partial charge in [-0.15, -0.1) is 0 Å². The van der Waals surface area contributed by atoms with E-state index >= 15 is 0 Å². The fraction of sp³-hybridized carbons (Fsp3) is 0.500. The highest BCUT2D eigenvalue weighted by Gasteiger charge is 2.25.